The lowest BCUT2D eigenvalue weighted by atomic mass is 10.0. The van der Waals surface area contributed by atoms with Gasteiger partial charge in [0.1, 0.15) is 11.5 Å². The molecule has 0 atom stereocenters. The van der Waals surface area contributed by atoms with Crippen LogP contribution in [0.4, 0.5) is 11.4 Å². The Labute approximate surface area is 251 Å². The number of hydrogen-bond donors (Lipinski definition) is 0. The zero-order valence-electron chi connectivity index (χ0n) is 25.1. The third-order valence-electron chi connectivity index (χ3n) is 7.18. The van der Waals surface area contributed by atoms with Gasteiger partial charge in [-0.05, 0) is 79.2 Å². The third-order valence-corrected chi connectivity index (χ3v) is 7.18. The molecule has 0 bridgehead atoms. The Kier molecular flexibility index (Phi) is 15.5. The summed E-state index contributed by atoms with van der Waals surface area (Å²) in [6.45, 7) is 2.96. The molecule has 6 heteroatoms. The Bertz CT molecular complexity index is 1230. The average molecular weight is 568 g/mol. The van der Waals surface area contributed by atoms with Crippen LogP contribution in [0.25, 0.3) is 0 Å². The van der Waals surface area contributed by atoms with Gasteiger partial charge in [-0.15, -0.1) is 0 Å². The molecule has 0 aromatic heterocycles. The normalized spacial score (nSPS) is 11.0. The van der Waals surface area contributed by atoms with Gasteiger partial charge in [-0.3, -0.25) is 0 Å². The van der Waals surface area contributed by atoms with E-state index < -0.39 is 5.97 Å². The third kappa shape index (κ3) is 13.1. The minimum Gasteiger partial charge on any atom is -0.494 e. The molecule has 42 heavy (non-hydrogen) atoms. The lowest BCUT2D eigenvalue weighted by molar-refractivity contribution is 0.0734. The van der Waals surface area contributed by atoms with E-state index in [0.29, 0.717) is 34.9 Å². The minimum atomic E-state index is -0.430. The molecule has 222 valence electrons. The van der Waals surface area contributed by atoms with E-state index in [9.17, 15) is 4.79 Å². The van der Waals surface area contributed by atoms with E-state index in [4.69, 9.17) is 14.7 Å². The second-order valence-corrected chi connectivity index (χ2v) is 10.7. The molecule has 0 unspecified atom stereocenters. The first-order valence-corrected chi connectivity index (χ1v) is 15.6. The lowest BCUT2D eigenvalue weighted by Crippen LogP contribution is -2.08. The van der Waals surface area contributed by atoms with Crippen molar-refractivity contribution in [3.63, 3.8) is 0 Å². The molecule has 0 aliphatic heterocycles. The number of unbranched alkanes of at least 4 members (excludes halogenated alkanes) is 13. The van der Waals surface area contributed by atoms with Crippen LogP contribution in [0, 0.1) is 11.3 Å². The quantitative estimate of drug-likeness (QED) is 0.0588. The van der Waals surface area contributed by atoms with E-state index in [1.165, 1.54) is 83.5 Å². The molecule has 0 fully saturated rings. The molecule has 3 rings (SSSR count). The maximum atomic E-state index is 12.6. The van der Waals surface area contributed by atoms with Gasteiger partial charge < -0.3 is 9.47 Å². The van der Waals surface area contributed by atoms with Crippen molar-refractivity contribution in [2.75, 3.05) is 6.61 Å². The average Bonchev–Trinajstić information content (AvgIpc) is 3.03. The smallest absolute Gasteiger partial charge is 0.343 e. The summed E-state index contributed by atoms with van der Waals surface area (Å²) in [6.07, 6.45) is 18.7. The summed E-state index contributed by atoms with van der Waals surface area (Å²) in [5.41, 5.74) is 2.31. The fourth-order valence-electron chi connectivity index (χ4n) is 4.64. The molecule has 3 aromatic carbocycles. The van der Waals surface area contributed by atoms with Gasteiger partial charge in [-0.2, -0.15) is 15.5 Å². The van der Waals surface area contributed by atoms with Crippen LogP contribution in [0.15, 0.2) is 83.0 Å². The molecule has 0 radical (unpaired) electrons. The topological polar surface area (TPSA) is 84.0 Å². The summed E-state index contributed by atoms with van der Waals surface area (Å²) >= 11 is 0. The standard InChI is InChI=1S/C36H45N3O3/c1-2-3-4-5-6-7-8-9-10-11-12-13-14-15-28-41-34-24-18-31(19-25-34)36(40)42-35-26-22-33(23-27-35)39-38-32-20-16-30(29-37)17-21-32/h16-27H,2-15,28H2,1H3. The number of rotatable bonds is 20. The van der Waals surface area contributed by atoms with Crippen molar-refractivity contribution in [3.05, 3.63) is 83.9 Å². The van der Waals surface area contributed by atoms with E-state index in [1.54, 1.807) is 60.7 Å². The van der Waals surface area contributed by atoms with Crippen LogP contribution in [0.3, 0.4) is 0 Å². The highest BCUT2D eigenvalue weighted by Crippen LogP contribution is 2.23. The molecule has 0 saturated carbocycles. The predicted molar refractivity (Wildman–Crippen MR) is 169 cm³/mol. The first-order chi connectivity index (χ1) is 20.7. The molecular weight excluding hydrogens is 522 g/mol. The van der Waals surface area contributed by atoms with Crippen molar-refractivity contribution in [1.29, 1.82) is 5.26 Å². The number of nitrogens with zero attached hydrogens (tertiary/aromatic N) is 3. The van der Waals surface area contributed by atoms with Gasteiger partial charge in [-0.1, -0.05) is 90.4 Å². The van der Waals surface area contributed by atoms with E-state index in [-0.39, 0.29) is 0 Å². The molecular formula is C36H45N3O3. The zero-order chi connectivity index (χ0) is 29.7. The van der Waals surface area contributed by atoms with Crippen molar-refractivity contribution in [2.45, 2.75) is 96.8 Å². The fourth-order valence-corrected chi connectivity index (χ4v) is 4.64. The molecule has 0 amide bonds. The first kappa shape index (κ1) is 32.5. The van der Waals surface area contributed by atoms with Crippen LogP contribution >= 0.6 is 0 Å². The zero-order valence-corrected chi connectivity index (χ0v) is 25.1. The molecule has 0 aliphatic rings. The van der Waals surface area contributed by atoms with E-state index in [2.05, 4.69) is 23.2 Å². The number of ether oxygens (including phenoxy) is 2. The van der Waals surface area contributed by atoms with E-state index >= 15 is 0 Å². The lowest BCUT2D eigenvalue weighted by Gasteiger charge is -2.08. The van der Waals surface area contributed by atoms with Crippen molar-refractivity contribution in [3.8, 4) is 17.6 Å². The Hall–Kier alpha value is -3.98. The summed E-state index contributed by atoms with van der Waals surface area (Å²) in [6, 6.07) is 22.8. The number of benzene rings is 3. The minimum absolute atomic E-state index is 0.426. The molecule has 0 N–H and O–H groups in total. The molecule has 0 aliphatic carbocycles. The summed E-state index contributed by atoms with van der Waals surface area (Å²) in [5, 5.41) is 17.2. The monoisotopic (exact) mass is 567 g/mol. The van der Waals surface area contributed by atoms with Gasteiger partial charge in [-0.25, -0.2) is 4.79 Å². The highest BCUT2D eigenvalue weighted by Gasteiger charge is 2.09. The molecule has 0 heterocycles. The van der Waals surface area contributed by atoms with Gasteiger partial charge in [0.2, 0.25) is 0 Å². The van der Waals surface area contributed by atoms with Crippen LogP contribution in [0.2, 0.25) is 0 Å². The number of nitriles is 1. The van der Waals surface area contributed by atoms with Gasteiger partial charge in [0, 0.05) is 0 Å². The maximum absolute atomic E-state index is 12.6. The van der Waals surface area contributed by atoms with E-state index in [0.717, 1.165) is 12.2 Å². The van der Waals surface area contributed by atoms with Crippen LogP contribution < -0.4 is 9.47 Å². The Morgan fingerprint density at radius 1 is 0.619 bits per heavy atom. The number of hydrogen-bond acceptors (Lipinski definition) is 6. The maximum Gasteiger partial charge on any atom is 0.343 e. The molecule has 0 spiro atoms. The van der Waals surface area contributed by atoms with Crippen LogP contribution in [0.1, 0.15) is 113 Å². The Morgan fingerprint density at radius 2 is 1.07 bits per heavy atom. The fraction of sp³-hybridized carbons (Fsp3) is 0.444. The predicted octanol–water partition coefficient (Wildman–Crippen LogP) is 11.1. The second kappa shape index (κ2) is 20.0. The van der Waals surface area contributed by atoms with Crippen LogP contribution in [-0.2, 0) is 0 Å². The van der Waals surface area contributed by atoms with Gasteiger partial charge >= 0.3 is 5.97 Å². The first-order valence-electron chi connectivity index (χ1n) is 15.6. The Balaban J connectivity index is 1.25. The molecule has 6 nitrogen and oxygen atoms in total. The number of azo groups is 1. The summed E-state index contributed by atoms with van der Waals surface area (Å²) in [7, 11) is 0. The van der Waals surface area contributed by atoms with Crippen molar-refractivity contribution < 1.29 is 14.3 Å². The number of carbonyl (C=O) groups excluding carboxylic acids is 1. The summed E-state index contributed by atoms with van der Waals surface area (Å²) in [4.78, 5) is 12.6. The van der Waals surface area contributed by atoms with Crippen LogP contribution in [0.5, 0.6) is 11.5 Å². The summed E-state index contributed by atoms with van der Waals surface area (Å²) < 4.78 is 11.4. The van der Waals surface area contributed by atoms with Crippen molar-refractivity contribution >= 4 is 17.3 Å². The van der Waals surface area contributed by atoms with Gasteiger partial charge in [0.05, 0.1) is 35.2 Å². The SMILES string of the molecule is CCCCCCCCCCCCCCCCOc1ccc(C(=O)Oc2ccc(N=Nc3ccc(C#N)cc3)cc2)cc1. The van der Waals surface area contributed by atoms with Crippen molar-refractivity contribution in [1.82, 2.24) is 0 Å². The second-order valence-electron chi connectivity index (χ2n) is 10.7. The van der Waals surface area contributed by atoms with E-state index in [1.807, 2.05) is 12.1 Å². The molecule has 0 saturated heterocycles. The Morgan fingerprint density at radius 3 is 1.57 bits per heavy atom. The van der Waals surface area contributed by atoms with Crippen molar-refractivity contribution in [2.24, 2.45) is 10.2 Å². The number of esters is 1. The number of carbonyl (C=O) groups is 1. The summed E-state index contributed by atoms with van der Waals surface area (Å²) in [5.74, 6) is 0.758. The largest absolute Gasteiger partial charge is 0.494 e. The van der Waals surface area contributed by atoms with Gasteiger partial charge in [0.15, 0.2) is 0 Å². The highest BCUT2D eigenvalue weighted by atomic mass is 16.5. The molecule has 3 aromatic rings. The highest BCUT2D eigenvalue weighted by molar-refractivity contribution is 5.91. The van der Waals surface area contributed by atoms with Gasteiger partial charge in [0.25, 0.3) is 0 Å². The van der Waals surface area contributed by atoms with Crippen LogP contribution in [-0.4, -0.2) is 12.6 Å².